The highest BCUT2D eigenvalue weighted by Crippen LogP contribution is 2.47. The summed E-state index contributed by atoms with van der Waals surface area (Å²) in [6.45, 7) is 10.8. The maximum Gasteiger partial charge on any atom is 0.0287 e. The molecule has 4 bridgehead atoms. The van der Waals surface area contributed by atoms with Crippen molar-refractivity contribution in [3.8, 4) is 0 Å². The van der Waals surface area contributed by atoms with Crippen molar-refractivity contribution in [1.29, 1.82) is 0 Å². The number of hydrogen-bond acceptors (Lipinski definition) is 2. The Morgan fingerprint density at radius 1 is 1.27 bits per heavy atom. The molecule has 5 rings (SSSR count). The first-order chi connectivity index (χ1) is 10.6. The lowest BCUT2D eigenvalue weighted by Gasteiger charge is -2.49. The van der Waals surface area contributed by atoms with Crippen LogP contribution >= 0.6 is 0 Å². The average molecular weight is 298 g/mol. The van der Waals surface area contributed by atoms with Crippen LogP contribution in [0.15, 0.2) is 24.3 Å². The molecule has 0 amide bonds. The van der Waals surface area contributed by atoms with Crippen LogP contribution in [0.3, 0.4) is 0 Å². The van der Waals surface area contributed by atoms with Crippen LogP contribution in [0.5, 0.6) is 0 Å². The molecular formula is C20H30N2. The van der Waals surface area contributed by atoms with Gasteiger partial charge in [-0.05, 0) is 55.5 Å². The standard InChI is InChI=1S/C20H30N2/c1-13(2)11-22-12-17-9-16-10-21-19(17)20(22)18(16)8-15-6-4-5-14(3)7-15/h4-7,13,16-21H,8-12H2,1-3H3. The molecule has 3 aliphatic heterocycles. The van der Waals surface area contributed by atoms with Gasteiger partial charge in [-0.2, -0.15) is 0 Å². The second-order valence-electron chi connectivity index (χ2n) is 8.39. The maximum atomic E-state index is 3.87. The highest BCUT2D eigenvalue weighted by Gasteiger charge is 2.55. The third-order valence-electron chi connectivity index (χ3n) is 6.19. The minimum Gasteiger partial charge on any atom is -0.312 e. The Labute approximate surface area is 135 Å². The number of piperidine rings is 2. The Bertz CT molecular complexity index is 538. The molecule has 3 heterocycles. The third kappa shape index (κ3) is 2.51. The summed E-state index contributed by atoms with van der Waals surface area (Å²) in [5.41, 5.74) is 2.95. The van der Waals surface area contributed by atoms with E-state index in [2.05, 4.69) is 55.3 Å². The van der Waals surface area contributed by atoms with E-state index in [1.807, 2.05) is 0 Å². The van der Waals surface area contributed by atoms with Crippen molar-refractivity contribution in [2.75, 3.05) is 19.6 Å². The number of fused-ring (bicyclic) bond motifs is 1. The zero-order valence-corrected chi connectivity index (χ0v) is 14.3. The summed E-state index contributed by atoms with van der Waals surface area (Å²) in [7, 11) is 0. The van der Waals surface area contributed by atoms with Crippen LogP contribution in [0.1, 0.15) is 31.4 Å². The van der Waals surface area contributed by atoms with Crippen LogP contribution in [0, 0.1) is 30.6 Å². The van der Waals surface area contributed by atoms with Crippen molar-refractivity contribution in [1.82, 2.24) is 10.2 Å². The highest BCUT2D eigenvalue weighted by atomic mass is 15.3. The summed E-state index contributed by atoms with van der Waals surface area (Å²) in [5, 5.41) is 3.87. The Balaban J connectivity index is 1.58. The number of benzene rings is 1. The lowest BCUT2D eigenvalue weighted by molar-refractivity contribution is 0.0506. The first kappa shape index (κ1) is 14.7. The Hall–Kier alpha value is -0.860. The molecule has 2 nitrogen and oxygen atoms in total. The smallest absolute Gasteiger partial charge is 0.0287 e. The number of likely N-dealkylation sites (tertiary alicyclic amines) is 1. The van der Waals surface area contributed by atoms with Gasteiger partial charge in [0.1, 0.15) is 0 Å². The van der Waals surface area contributed by atoms with Crippen LogP contribution in [-0.4, -0.2) is 36.6 Å². The van der Waals surface area contributed by atoms with Crippen molar-refractivity contribution >= 4 is 0 Å². The van der Waals surface area contributed by atoms with E-state index in [-0.39, 0.29) is 0 Å². The predicted octanol–water partition coefficient (Wildman–Crippen LogP) is 3.10. The van der Waals surface area contributed by atoms with Gasteiger partial charge in [0.2, 0.25) is 0 Å². The average Bonchev–Trinajstić information content (AvgIpc) is 2.75. The summed E-state index contributed by atoms with van der Waals surface area (Å²) in [6, 6.07) is 10.7. The van der Waals surface area contributed by atoms with Gasteiger partial charge in [0.15, 0.2) is 0 Å². The van der Waals surface area contributed by atoms with E-state index >= 15 is 0 Å². The van der Waals surface area contributed by atoms with E-state index in [4.69, 9.17) is 0 Å². The van der Waals surface area contributed by atoms with Crippen LogP contribution in [0.2, 0.25) is 0 Å². The molecule has 5 atom stereocenters. The van der Waals surface area contributed by atoms with Gasteiger partial charge in [-0.3, -0.25) is 4.90 Å². The number of hydrogen-bond donors (Lipinski definition) is 1. The van der Waals surface area contributed by atoms with Gasteiger partial charge in [-0.15, -0.1) is 0 Å². The molecule has 3 saturated heterocycles. The summed E-state index contributed by atoms with van der Waals surface area (Å²) in [6.07, 6.45) is 2.73. The van der Waals surface area contributed by atoms with Gasteiger partial charge in [-0.25, -0.2) is 0 Å². The van der Waals surface area contributed by atoms with E-state index in [1.165, 1.54) is 38.0 Å². The van der Waals surface area contributed by atoms with Crippen LogP contribution < -0.4 is 5.32 Å². The lowest BCUT2D eigenvalue weighted by Crippen LogP contribution is -2.62. The highest BCUT2D eigenvalue weighted by molar-refractivity contribution is 5.24. The van der Waals surface area contributed by atoms with Crippen molar-refractivity contribution in [3.63, 3.8) is 0 Å². The van der Waals surface area contributed by atoms with Crippen LogP contribution in [0.4, 0.5) is 0 Å². The first-order valence-corrected chi connectivity index (χ1v) is 9.15. The molecule has 1 aromatic rings. The Morgan fingerprint density at radius 2 is 2.14 bits per heavy atom. The van der Waals surface area contributed by atoms with Crippen molar-refractivity contribution < 1.29 is 0 Å². The zero-order chi connectivity index (χ0) is 15.3. The minimum atomic E-state index is 0.763. The quantitative estimate of drug-likeness (QED) is 0.919. The van der Waals surface area contributed by atoms with E-state index < -0.39 is 0 Å². The normalized spacial score (nSPS) is 37.2. The molecule has 1 aliphatic carbocycles. The molecule has 120 valence electrons. The van der Waals surface area contributed by atoms with E-state index in [0.717, 1.165) is 35.8 Å². The Kier molecular flexibility index (Phi) is 3.78. The van der Waals surface area contributed by atoms with Gasteiger partial charge in [0, 0.05) is 25.2 Å². The SMILES string of the molecule is Cc1cccc(CC2C3CNC4C(C3)CN(CC(C)C)C24)c1. The van der Waals surface area contributed by atoms with Crippen molar-refractivity contribution in [2.45, 2.75) is 45.7 Å². The van der Waals surface area contributed by atoms with Gasteiger partial charge in [-0.1, -0.05) is 43.7 Å². The molecule has 1 N–H and O–H groups in total. The second-order valence-corrected chi connectivity index (χ2v) is 8.39. The van der Waals surface area contributed by atoms with E-state index in [1.54, 1.807) is 5.56 Å². The molecule has 2 heteroatoms. The molecule has 4 fully saturated rings. The predicted molar refractivity (Wildman–Crippen MR) is 92.0 cm³/mol. The number of nitrogens with one attached hydrogen (secondary N) is 1. The summed E-state index contributed by atoms with van der Waals surface area (Å²) >= 11 is 0. The summed E-state index contributed by atoms with van der Waals surface area (Å²) < 4.78 is 0. The molecule has 22 heavy (non-hydrogen) atoms. The number of nitrogens with zero attached hydrogens (tertiary/aromatic N) is 1. The molecule has 0 spiro atoms. The number of rotatable bonds is 4. The topological polar surface area (TPSA) is 15.3 Å². The molecule has 0 radical (unpaired) electrons. The fourth-order valence-electron chi connectivity index (χ4n) is 5.52. The van der Waals surface area contributed by atoms with Gasteiger partial charge >= 0.3 is 0 Å². The van der Waals surface area contributed by atoms with Crippen LogP contribution in [-0.2, 0) is 6.42 Å². The lowest BCUT2D eigenvalue weighted by atomic mass is 9.65. The molecule has 1 aromatic carbocycles. The van der Waals surface area contributed by atoms with Crippen LogP contribution in [0.25, 0.3) is 0 Å². The van der Waals surface area contributed by atoms with Gasteiger partial charge in [0.25, 0.3) is 0 Å². The molecule has 0 aromatic heterocycles. The van der Waals surface area contributed by atoms with Crippen molar-refractivity contribution in [2.24, 2.45) is 23.7 Å². The molecular weight excluding hydrogens is 268 g/mol. The maximum absolute atomic E-state index is 3.87. The monoisotopic (exact) mass is 298 g/mol. The third-order valence-corrected chi connectivity index (χ3v) is 6.19. The summed E-state index contributed by atoms with van der Waals surface area (Å²) in [5.74, 6) is 3.43. The van der Waals surface area contributed by atoms with Crippen molar-refractivity contribution in [3.05, 3.63) is 35.4 Å². The largest absolute Gasteiger partial charge is 0.312 e. The first-order valence-electron chi connectivity index (χ1n) is 9.15. The fraction of sp³-hybridized carbons (Fsp3) is 0.700. The minimum absolute atomic E-state index is 0.763. The van der Waals surface area contributed by atoms with E-state index in [0.29, 0.717) is 0 Å². The van der Waals surface area contributed by atoms with Gasteiger partial charge in [0.05, 0.1) is 0 Å². The van der Waals surface area contributed by atoms with Gasteiger partial charge < -0.3 is 5.32 Å². The second kappa shape index (κ2) is 5.65. The summed E-state index contributed by atoms with van der Waals surface area (Å²) in [4.78, 5) is 2.83. The fourth-order valence-corrected chi connectivity index (χ4v) is 5.52. The number of aryl methyl sites for hydroxylation is 1. The Morgan fingerprint density at radius 3 is 2.91 bits per heavy atom. The van der Waals surface area contributed by atoms with E-state index in [9.17, 15) is 0 Å². The zero-order valence-electron chi connectivity index (χ0n) is 14.3. The molecule has 4 aliphatic rings. The molecule has 1 saturated carbocycles. The molecule has 5 unspecified atom stereocenters.